The van der Waals surface area contributed by atoms with E-state index in [1.807, 2.05) is 65.8 Å². The number of rotatable bonds is 3. The lowest BCUT2D eigenvalue weighted by Gasteiger charge is -2.32. The fourth-order valence-corrected chi connectivity index (χ4v) is 2.15. The third-order valence-electron chi connectivity index (χ3n) is 4.22. The van der Waals surface area contributed by atoms with Crippen LogP contribution < -0.4 is 5.46 Å². The van der Waals surface area contributed by atoms with Crippen molar-refractivity contribution in [2.75, 3.05) is 0 Å². The molecule has 1 saturated heterocycles. The third-order valence-corrected chi connectivity index (χ3v) is 4.22. The summed E-state index contributed by atoms with van der Waals surface area (Å²) >= 11 is 0. The number of benzene rings is 1. The third kappa shape index (κ3) is 2.67. The van der Waals surface area contributed by atoms with E-state index in [9.17, 15) is 4.79 Å². The molecule has 0 saturated carbocycles. The molecule has 0 unspecified atom stereocenters. The highest BCUT2D eigenvalue weighted by molar-refractivity contribution is 6.62. The molecule has 1 aromatic rings. The minimum absolute atomic E-state index is 0.0106. The summed E-state index contributed by atoms with van der Waals surface area (Å²) in [6, 6.07) is 7.55. The molecule has 1 fully saturated rings. The van der Waals surface area contributed by atoms with Crippen LogP contribution in [0.15, 0.2) is 24.3 Å². The Balaban J connectivity index is 2.28. The molecule has 108 valence electrons. The number of hydrogen-bond acceptors (Lipinski definition) is 3. The van der Waals surface area contributed by atoms with Crippen molar-refractivity contribution in [3.8, 4) is 0 Å². The van der Waals surface area contributed by atoms with Crippen molar-refractivity contribution in [2.24, 2.45) is 5.92 Å². The first-order valence-corrected chi connectivity index (χ1v) is 7.14. The lowest BCUT2D eigenvalue weighted by Crippen LogP contribution is -2.41. The highest BCUT2D eigenvalue weighted by Gasteiger charge is 2.51. The van der Waals surface area contributed by atoms with Crippen LogP contribution in [0.25, 0.3) is 0 Å². The Morgan fingerprint density at radius 2 is 1.65 bits per heavy atom. The van der Waals surface area contributed by atoms with Crippen molar-refractivity contribution in [3.63, 3.8) is 0 Å². The number of carbonyl (C=O) groups excluding carboxylic acids is 1. The number of Topliss-reactive ketones (excluding diaryl/α,β-unsaturated/α-hetero) is 1. The molecule has 20 heavy (non-hydrogen) atoms. The molecule has 0 amide bonds. The quantitative estimate of drug-likeness (QED) is 0.628. The van der Waals surface area contributed by atoms with Crippen LogP contribution >= 0.6 is 0 Å². The maximum Gasteiger partial charge on any atom is 0.494 e. The molecule has 1 aliphatic heterocycles. The summed E-state index contributed by atoms with van der Waals surface area (Å²) in [4.78, 5) is 12.1. The highest BCUT2D eigenvalue weighted by atomic mass is 16.7. The van der Waals surface area contributed by atoms with Gasteiger partial charge in [-0.25, -0.2) is 0 Å². The molecule has 3 nitrogen and oxygen atoms in total. The lowest BCUT2D eigenvalue weighted by molar-refractivity contribution is 0.00578. The molecule has 0 atom stereocenters. The van der Waals surface area contributed by atoms with Gasteiger partial charge in [-0.05, 0) is 33.2 Å². The number of carbonyl (C=O) groups is 1. The van der Waals surface area contributed by atoms with Gasteiger partial charge in [0.05, 0.1) is 11.2 Å². The van der Waals surface area contributed by atoms with Gasteiger partial charge >= 0.3 is 7.12 Å². The molecular weight excluding hydrogens is 251 g/mol. The predicted molar refractivity (Wildman–Crippen MR) is 81.3 cm³/mol. The lowest BCUT2D eigenvalue weighted by atomic mass is 9.78. The maximum absolute atomic E-state index is 12.1. The maximum atomic E-state index is 12.1. The Bertz CT molecular complexity index is 504. The Hall–Kier alpha value is -1.13. The zero-order valence-electron chi connectivity index (χ0n) is 13.2. The summed E-state index contributed by atoms with van der Waals surface area (Å²) in [5.41, 5.74) is 0.883. The first kappa shape index (κ1) is 15.3. The van der Waals surface area contributed by atoms with Crippen molar-refractivity contribution >= 4 is 18.4 Å². The number of ketones is 1. The first-order valence-electron chi connectivity index (χ1n) is 7.14. The van der Waals surface area contributed by atoms with Crippen LogP contribution in [0.5, 0.6) is 0 Å². The molecule has 1 aromatic carbocycles. The van der Waals surface area contributed by atoms with Crippen molar-refractivity contribution in [1.29, 1.82) is 0 Å². The van der Waals surface area contributed by atoms with E-state index in [1.54, 1.807) is 0 Å². The summed E-state index contributed by atoms with van der Waals surface area (Å²) < 4.78 is 12.0. The first-order chi connectivity index (χ1) is 9.14. The minimum atomic E-state index is -0.417. The summed E-state index contributed by atoms with van der Waals surface area (Å²) in [5.74, 6) is 0.131. The van der Waals surface area contributed by atoms with Gasteiger partial charge < -0.3 is 9.31 Å². The molecule has 0 bridgehead atoms. The Labute approximate surface area is 121 Å². The van der Waals surface area contributed by atoms with Crippen LogP contribution in [-0.4, -0.2) is 24.1 Å². The van der Waals surface area contributed by atoms with Crippen LogP contribution in [0.4, 0.5) is 0 Å². The van der Waals surface area contributed by atoms with Crippen LogP contribution in [0.3, 0.4) is 0 Å². The molecule has 2 rings (SSSR count). The number of hydrogen-bond donors (Lipinski definition) is 0. The van der Waals surface area contributed by atoms with E-state index in [0.29, 0.717) is 5.56 Å². The SMILES string of the molecule is CC(C)C(=O)c1cccc(B2OC(C)(C)C(C)(C)O2)c1. The van der Waals surface area contributed by atoms with Gasteiger partial charge in [0.1, 0.15) is 0 Å². The van der Waals surface area contributed by atoms with E-state index in [0.717, 1.165) is 5.46 Å². The van der Waals surface area contributed by atoms with Crippen LogP contribution in [-0.2, 0) is 9.31 Å². The monoisotopic (exact) mass is 274 g/mol. The largest absolute Gasteiger partial charge is 0.494 e. The zero-order valence-corrected chi connectivity index (χ0v) is 13.2. The highest BCUT2D eigenvalue weighted by Crippen LogP contribution is 2.36. The van der Waals surface area contributed by atoms with Crippen LogP contribution in [0.1, 0.15) is 51.9 Å². The average molecular weight is 274 g/mol. The summed E-state index contributed by atoms with van der Waals surface area (Å²) in [5, 5.41) is 0. The van der Waals surface area contributed by atoms with Gasteiger partial charge in [0.15, 0.2) is 5.78 Å². The van der Waals surface area contributed by atoms with E-state index in [4.69, 9.17) is 9.31 Å². The average Bonchev–Trinajstić information content (AvgIpc) is 2.57. The summed E-state index contributed by atoms with van der Waals surface area (Å²) in [6.07, 6.45) is 0. The van der Waals surface area contributed by atoms with Gasteiger partial charge in [-0.2, -0.15) is 0 Å². The van der Waals surface area contributed by atoms with Gasteiger partial charge in [0, 0.05) is 11.5 Å². The normalized spacial score (nSPS) is 20.4. The van der Waals surface area contributed by atoms with E-state index in [2.05, 4.69) is 0 Å². The van der Waals surface area contributed by atoms with E-state index in [-0.39, 0.29) is 22.9 Å². The van der Waals surface area contributed by atoms with Crippen molar-refractivity contribution in [2.45, 2.75) is 52.7 Å². The molecule has 0 N–H and O–H groups in total. The standard InChI is InChI=1S/C16H23BO3/c1-11(2)14(18)12-8-7-9-13(10-12)17-19-15(3,4)16(5,6)20-17/h7-11H,1-6H3. The molecule has 0 spiro atoms. The second-order valence-corrected chi connectivity index (χ2v) is 6.73. The fourth-order valence-electron chi connectivity index (χ4n) is 2.15. The van der Waals surface area contributed by atoms with Crippen molar-refractivity contribution in [3.05, 3.63) is 29.8 Å². The molecule has 0 radical (unpaired) electrons. The Kier molecular flexibility index (Phi) is 3.82. The zero-order chi connectivity index (χ0) is 15.1. The van der Waals surface area contributed by atoms with E-state index in [1.165, 1.54) is 0 Å². The van der Waals surface area contributed by atoms with Gasteiger partial charge in [-0.15, -0.1) is 0 Å². The molecule has 1 heterocycles. The predicted octanol–water partition coefficient (Wildman–Crippen LogP) is 2.82. The smallest absolute Gasteiger partial charge is 0.399 e. The van der Waals surface area contributed by atoms with Gasteiger partial charge in [-0.1, -0.05) is 38.1 Å². The molecule has 1 aliphatic rings. The Morgan fingerprint density at radius 1 is 1.10 bits per heavy atom. The van der Waals surface area contributed by atoms with E-state index >= 15 is 0 Å². The van der Waals surface area contributed by atoms with Crippen LogP contribution in [0, 0.1) is 5.92 Å². The van der Waals surface area contributed by atoms with E-state index < -0.39 is 7.12 Å². The van der Waals surface area contributed by atoms with Crippen molar-refractivity contribution in [1.82, 2.24) is 0 Å². The summed E-state index contributed by atoms with van der Waals surface area (Å²) in [7, 11) is -0.417. The fraction of sp³-hybridized carbons (Fsp3) is 0.562. The molecule has 0 aliphatic carbocycles. The molecular formula is C16H23BO3. The second kappa shape index (κ2) is 5.01. The molecule has 0 aromatic heterocycles. The summed E-state index contributed by atoms with van der Waals surface area (Å²) in [6.45, 7) is 11.9. The van der Waals surface area contributed by atoms with Gasteiger partial charge in [-0.3, -0.25) is 4.79 Å². The van der Waals surface area contributed by atoms with Gasteiger partial charge in [0.2, 0.25) is 0 Å². The minimum Gasteiger partial charge on any atom is -0.399 e. The van der Waals surface area contributed by atoms with Crippen LogP contribution in [0.2, 0.25) is 0 Å². The molecule has 4 heteroatoms. The second-order valence-electron chi connectivity index (χ2n) is 6.73. The van der Waals surface area contributed by atoms with Gasteiger partial charge in [0.25, 0.3) is 0 Å². The topological polar surface area (TPSA) is 35.5 Å². The Morgan fingerprint density at radius 3 is 2.15 bits per heavy atom. The van der Waals surface area contributed by atoms with Crippen molar-refractivity contribution < 1.29 is 14.1 Å².